The number of hydrogen-bond acceptors (Lipinski definition) is 8. The molecule has 2 N–H and O–H groups in total. The van der Waals surface area contributed by atoms with E-state index in [4.69, 9.17) is 4.74 Å². The molecule has 4 aromatic rings. The second-order valence-corrected chi connectivity index (χ2v) is 8.23. The van der Waals surface area contributed by atoms with Crippen LogP contribution in [0.25, 0.3) is 22.2 Å². The average Bonchev–Trinajstić information content (AvgIpc) is 3.29. The Balaban J connectivity index is 1.49. The van der Waals surface area contributed by atoms with Gasteiger partial charge in [0.2, 0.25) is 5.95 Å². The Kier molecular flexibility index (Phi) is 5.72. The lowest BCUT2D eigenvalue weighted by atomic mass is 10.1. The molecule has 1 saturated heterocycles. The van der Waals surface area contributed by atoms with Crippen molar-refractivity contribution in [1.29, 1.82) is 0 Å². The lowest BCUT2D eigenvalue weighted by Gasteiger charge is -2.34. The number of nitro benzene ring substituents is 1. The molecule has 1 fully saturated rings. The van der Waals surface area contributed by atoms with Crippen molar-refractivity contribution in [3.8, 4) is 17.0 Å². The van der Waals surface area contributed by atoms with Gasteiger partial charge in [0.25, 0.3) is 5.69 Å². The summed E-state index contributed by atoms with van der Waals surface area (Å²) in [5, 5.41) is 16.1. The zero-order chi connectivity index (χ0) is 23.7. The molecule has 1 aliphatic rings. The molecular weight excluding hydrogens is 434 g/mol. The van der Waals surface area contributed by atoms with Crippen LogP contribution >= 0.6 is 0 Å². The van der Waals surface area contributed by atoms with Gasteiger partial charge in [-0.3, -0.25) is 10.1 Å². The summed E-state index contributed by atoms with van der Waals surface area (Å²) in [5.74, 6) is 0.809. The number of likely N-dealkylation sites (N-methyl/N-ethyl adjacent to an activating group) is 1. The number of fused-ring (bicyclic) bond motifs is 1. The molecule has 0 spiro atoms. The molecule has 3 heterocycles. The van der Waals surface area contributed by atoms with Gasteiger partial charge in [0, 0.05) is 67.2 Å². The summed E-state index contributed by atoms with van der Waals surface area (Å²) < 4.78 is 5.58. The molecule has 10 nitrogen and oxygen atoms in total. The number of methoxy groups -OCH3 is 1. The van der Waals surface area contributed by atoms with Gasteiger partial charge < -0.3 is 24.8 Å². The summed E-state index contributed by atoms with van der Waals surface area (Å²) in [6, 6.07) is 13.0. The summed E-state index contributed by atoms with van der Waals surface area (Å²) in [4.78, 5) is 28.0. The third-order valence-electron chi connectivity index (χ3n) is 6.10. The van der Waals surface area contributed by atoms with Crippen LogP contribution in [-0.4, -0.2) is 65.1 Å². The second kappa shape index (κ2) is 8.99. The molecule has 174 valence electrons. The van der Waals surface area contributed by atoms with Crippen molar-refractivity contribution < 1.29 is 9.66 Å². The third-order valence-corrected chi connectivity index (χ3v) is 6.10. The predicted molar refractivity (Wildman–Crippen MR) is 132 cm³/mol. The first kappa shape index (κ1) is 21.7. The number of anilines is 3. The normalized spacial score (nSPS) is 14.4. The van der Waals surface area contributed by atoms with Crippen molar-refractivity contribution in [3.63, 3.8) is 0 Å². The van der Waals surface area contributed by atoms with Gasteiger partial charge in [-0.2, -0.15) is 0 Å². The molecule has 0 aliphatic carbocycles. The Labute approximate surface area is 196 Å². The number of hydrogen-bond donors (Lipinski definition) is 2. The molecule has 2 aromatic carbocycles. The number of para-hydroxylation sites is 1. The average molecular weight is 460 g/mol. The van der Waals surface area contributed by atoms with Gasteiger partial charge in [-0.25, -0.2) is 9.97 Å². The zero-order valence-corrected chi connectivity index (χ0v) is 19.0. The molecule has 34 heavy (non-hydrogen) atoms. The van der Waals surface area contributed by atoms with Crippen molar-refractivity contribution in [2.75, 3.05) is 50.6 Å². The van der Waals surface area contributed by atoms with Crippen LogP contribution in [0, 0.1) is 10.1 Å². The van der Waals surface area contributed by atoms with E-state index in [0.29, 0.717) is 36.2 Å². The summed E-state index contributed by atoms with van der Waals surface area (Å²) in [7, 11) is 3.59. The number of aromatic amines is 1. The minimum absolute atomic E-state index is 0.0145. The van der Waals surface area contributed by atoms with E-state index in [9.17, 15) is 10.1 Å². The molecule has 5 rings (SSSR count). The Bertz CT molecular complexity index is 1350. The molecule has 0 unspecified atom stereocenters. The van der Waals surface area contributed by atoms with Gasteiger partial charge in [-0.05, 0) is 19.2 Å². The van der Waals surface area contributed by atoms with Gasteiger partial charge in [0.15, 0.2) is 0 Å². The van der Waals surface area contributed by atoms with Crippen molar-refractivity contribution >= 4 is 33.9 Å². The quantitative estimate of drug-likeness (QED) is 0.328. The van der Waals surface area contributed by atoms with Gasteiger partial charge >= 0.3 is 0 Å². The molecule has 0 atom stereocenters. The first-order valence-corrected chi connectivity index (χ1v) is 11.0. The van der Waals surface area contributed by atoms with Crippen LogP contribution in [-0.2, 0) is 0 Å². The van der Waals surface area contributed by atoms with E-state index in [1.165, 1.54) is 6.07 Å². The van der Waals surface area contributed by atoms with Crippen molar-refractivity contribution in [1.82, 2.24) is 19.9 Å². The van der Waals surface area contributed by atoms with E-state index in [1.807, 2.05) is 48.5 Å². The summed E-state index contributed by atoms with van der Waals surface area (Å²) in [6.07, 6.45) is 3.57. The highest BCUT2D eigenvalue weighted by Gasteiger charge is 2.26. The first-order valence-electron chi connectivity index (χ1n) is 11.0. The van der Waals surface area contributed by atoms with Gasteiger partial charge in [-0.1, -0.05) is 18.2 Å². The SMILES string of the molecule is COc1cc(N2CCN(C)CC2)c([N+](=O)[O-])cc1Nc1nccc(-c2c[nH]c3ccccc23)n1. The van der Waals surface area contributed by atoms with E-state index in [0.717, 1.165) is 35.2 Å². The maximum absolute atomic E-state index is 11.9. The fraction of sp³-hybridized carbons (Fsp3) is 0.250. The van der Waals surface area contributed by atoms with Crippen molar-refractivity contribution in [2.45, 2.75) is 0 Å². The number of aromatic nitrogens is 3. The van der Waals surface area contributed by atoms with Crippen LogP contribution < -0.4 is 15.0 Å². The van der Waals surface area contributed by atoms with Crippen LogP contribution in [0.15, 0.2) is 54.9 Å². The van der Waals surface area contributed by atoms with Gasteiger partial charge in [-0.15, -0.1) is 0 Å². The second-order valence-electron chi connectivity index (χ2n) is 8.23. The van der Waals surface area contributed by atoms with E-state index in [2.05, 4.69) is 25.2 Å². The summed E-state index contributed by atoms with van der Waals surface area (Å²) in [5.41, 5.74) is 3.70. The number of ether oxygens (including phenoxy) is 1. The van der Waals surface area contributed by atoms with E-state index in [-0.39, 0.29) is 10.6 Å². The highest BCUT2D eigenvalue weighted by Crippen LogP contribution is 2.39. The summed E-state index contributed by atoms with van der Waals surface area (Å²) in [6.45, 7) is 3.11. The lowest BCUT2D eigenvalue weighted by molar-refractivity contribution is -0.384. The Morgan fingerprint density at radius 2 is 1.94 bits per heavy atom. The monoisotopic (exact) mass is 459 g/mol. The number of nitro groups is 1. The maximum atomic E-state index is 11.9. The standard InChI is InChI=1S/C24H25N7O3/c1-29-9-11-30(12-10-29)21-14-23(34-2)20(13-22(21)31(32)33)28-24-25-8-7-19(27-24)17-15-26-18-6-4-3-5-16(17)18/h3-8,13-15,26H,9-12H2,1-2H3,(H,25,27,28). The molecule has 0 radical (unpaired) electrons. The fourth-order valence-corrected chi connectivity index (χ4v) is 4.24. The maximum Gasteiger partial charge on any atom is 0.294 e. The van der Waals surface area contributed by atoms with E-state index < -0.39 is 0 Å². The van der Waals surface area contributed by atoms with Crippen LogP contribution in [0.3, 0.4) is 0 Å². The Morgan fingerprint density at radius 3 is 2.71 bits per heavy atom. The molecule has 0 amide bonds. The predicted octanol–water partition coefficient (Wildman–Crippen LogP) is 4.04. The number of H-pyrrole nitrogens is 1. The molecule has 10 heteroatoms. The van der Waals surface area contributed by atoms with Crippen molar-refractivity contribution in [3.05, 3.63) is 65.0 Å². The molecule has 1 aliphatic heterocycles. The largest absolute Gasteiger partial charge is 0.494 e. The Morgan fingerprint density at radius 1 is 1.15 bits per heavy atom. The smallest absolute Gasteiger partial charge is 0.294 e. The van der Waals surface area contributed by atoms with Gasteiger partial charge in [0.05, 0.1) is 23.4 Å². The topological polar surface area (TPSA) is 112 Å². The highest BCUT2D eigenvalue weighted by atomic mass is 16.6. The number of rotatable bonds is 6. The Hall–Kier alpha value is -4.18. The number of nitrogens with zero attached hydrogens (tertiary/aromatic N) is 5. The number of nitrogens with one attached hydrogen (secondary N) is 2. The van der Waals surface area contributed by atoms with Gasteiger partial charge in [0.1, 0.15) is 11.4 Å². The fourth-order valence-electron chi connectivity index (χ4n) is 4.24. The van der Waals surface area contributed by atoms with Crippen molar-refractivity contribution in [2.24, 2.45) is 0 Å². The van der Waals surface area contributed by atoms with Crippen LogP contribution in [0.5, 0.6) is 5.75 Å². The highest BCUT2D eigenvalue weighted by molar-refractivity contribution is 5.94. The molecule has 0 bridgehead atoms. The minimum atomic E-state index is -0.360. The number of benzene rings is 2. The van der Waals surface area contributed by atoms with Crippen LogP contribution in [0.1, 0.15) is 0 Å². The lowest BCUT2D eigenvalue weighted by Crippen LogP contribution is -2.44. The van der Waals surface area contributed by atoms with Crippen LogP contribution in [0.4, 0.5) is 23.0 Å². The third kappa shape index (κ3) is 4.11. The first-order chi connectivity index (χ1) is 16.5. The van der Waals surface area contributed by atoms with E-state index >= 15 is 0 Å². The molecule has 2 aromatic heterocycles. The molecular formula is C24H25N7O3. The summed E-state index contributed by atoms with van der Waals surface area (Å²) >= 11 is 0. The zero-order valence-electron chi connectivity index (χ0n) is 19.0. The van der Waals surface area contributed by atoms with E-state index in [1.54, 1.807) is 19.4 Å². The van der Waals surface area contributed by atoms with Crippen LogP contribution in [0.2, 0.25) is 0 Å². The number of piperazine rings is 1. The minimum Gasteiger partial charge on any atom is -0.494 e. The molecule has 0 saturated carbocycles.